The minimum atomic E-state index is 0.761. The second-order valence-corrected chi connectivity index (χ2v) is 4.90. The van der Waals surface area contributed by atoms with Crippen molar-refractivity contribution >= 4 is 11.6 Å². The topological polar surface area (TPSA) is 29.9 Å². The summed E-state index contributed by atoms with van der Waals surface area (Å²) in [5, 5.41) is 8.53. The summed E-state index contributed by atoms with van der Waals surface area (Å²) in [4.78, 5) is 0. The van der Waals surface area contributed by atoms with Crippen molar-refractivity contribution in [2.75, 3.05) is 7.05 Å². The molecule has 18 heavy (non-hydrogen) atoms. The lowest BCUT2D eigenvalue weighted by Crippen LogP contribution is -2.08. The molecule has 0 saturated heterocycles. The Balaban J connectivity index is 2.27. The molecule has 0 aliphatic heterocycles. The van der Waals surface area contributed by atoms with Gasteiger partial charge in [-0.1, -0.05) is 23.7 Å². The lowest BCUT2D eigenvalue weighted by molar-refractivity contribution is 0.657. The number of aryl methyl sites for hydroxylation is 1. The van der Waals surface area contributed by atoms with Crippen molar-refractivity contribution in [3.63, 3.8) is 0 Å². The van der Waals surface area contributed by atoms with Crippen molar-refractivity contribution in [1.29, 1.82) is 0 Å². The number of aromatic nitrogens is 2. The van der Waals surface area contributed by atoms with Crippen LogP contribution in [0.2, 0.25) is 5.02 Å². The number of hydrogen-bond acceptors (Lipinski definition) is 2. The lowest BCUT2D eigenvalue weighted by Gasteiger charge is -2.06. The summed E-state index contributed by atoms with van der Waals surface area (Å²) < 4.78 is 2.04. The van der Waals surface area contributed by atoms with Gasteiger partial charge in [0.15, 0.2) is 0 Å². The number of benzene rings is 1. The van der Waals surface area contributed by atoms with Gasteiger partial charge in [-0.25, -0.2) is 0 Å². The van der Waals surface area contributed by atoms with E-state index in [4.69, 9.17) is 11.6 Å². The number of rotatable bonds is 4. The number of hydrogen-bond donors (Lipinski definition) is 1. The highest BCUT2D eigenvalue weighted by Gasteiger charge is 2.10. The van der Waals surface area contributed by atoms with Gasteiger partial charge in [-0.05, 0) is 38.6 Å². The van der Waals surface area contributed by atoms with Gasteiger partial charge in [0.05, 0.1) is 12.2 Å². The zero-order valence-electron chi connectivity index (χ0n) is 11.0. The van der Waals surface area contributed by atoms with E-state index in [1.54, 1.807) is 0 Å². The first-order valence-corrected chi connectivity index (χ1v) is 6.41. The van der Waals surface area contributed by atoms with Gasteiger partial charge in [-0.15, -0.1) is 0 Å². The molecule has 0 unspecified atom stereocenters. The van der Waals surface area contributed by atoms with E-state index in [-0.39, 0.29) is 0 Å². The molecule has 0 bridgehead atoms. The maximum Gasteiger partial charge on any atom is 0.0663 e. The normalized spacial score (nSPS) is 10.9. The summed E-state index contributed by atoms with van der Waals surface area (Å²) in [6, 6.07) is 7.91. The summed E-state index contributed by atoms with van der Waals surface area (Å²) in [7, 11) is 1.95. The van der Waals surface area contributed by atoms with Gasteiger partial charge in [0.2, 0.25) is 0 Å². The monoisotopic (exact) mass is 263 g/mol. The van der Waals surface area contributed by atoms with Gasteiger partial charge < -0.3 is 5.32 Å². The van der Waals surface area contributed by atoms with Crippen molar-refractivity contribution in [3.8, 4) is 0 Å². The summed E-state index contributed by atoms with van der Waals surface area (Å²) in [6.45, 7) is 5.77. The van der Waals surface area contributed by atoms with Gasteiger partial charge in [0, 0.05) is 22.8 Å². The number of nitrogens with zero attached hydrogens (tertiary/aromatic N) is 2. The maximum absolute atomic E-state index is 6.00. The van der Waals surface area contributed by atoms with Crippen molar-refractivity contribution < 1.29 is 0 Å². The third-order valence-corrected chi connectivity index (χ3v) is 3.34. The zero-order chi connectivity index (χ0) is 13.1. The molecule has 2 aromatic rings. The van der Waals surface area contributed by atoms with Crippen LogP contribution in [0.4, 0.5) is 0 Å². The molecule has 96 valence electrons. The van der Waals surface area contributed by atoms with Gasteiger partial charge in [0.1, 0.15) is 0 Å². The molecule has 1 aromatic heterocycles. The Kier molecular flexibility index (Phi) is 4.04. The van der Waals surface area contributed by atoms with E-state index in [0.717, 1.165) is 23.8 Å². The standard InChI is InChI=1S/C14H18ClN3/c1-10-14(8-16-3)11(2)18(17-10)9-12-5-4-6-13(15)7-12/h4-7,16H,8-9H2,1-3H3. The molecule has 0 aliphatic rings. The molecule has 0 atom stereocenters. The van der Waals surface area contributed by atoms with E-state index in [1.807, 2.05) is 36.9 Å². The van der Waals surface area contributed by atoms with Gasteiger partial charge in [0.25, 0.3) is 0 Å². The largest absolute Gasteiger partial charge is 0.316 e. The SMILES string of the molecule is CNCc1c(C)nn(Cc2cccc(Cl)c2)c1C. The highest BCUT2D eigenvalue weighted by molar-refractivity contribution is 6.30. The Labute approximate surface area is 113 Å². The van der Waals surface area contributed by atoms with Crippen LogP contribution < -0.4 is 5.32 Å². The molecule has 0 fully saturated rings. The van der Waals surface area contributed by atoms with Gasteiger partial charge in [-0.2, -0.15) is 5.10 Å². The molecule has 0 spiro atoms. The Hall–Kier alpha value is -1.32. The number of halogens is 1. The minimum Gasteiger partial charge on any atom is -0.316 e. The average Bonchev–Trinajstić information content (AvgIpc) is 2.57. The second kappa shape index (κ2) is 5.55. The highest BCUT2D eigenvalue weighted by atomic mass is 35.5. The fourth-order valence-corrected chi connectivity index (χ4v) is 2.34. The van der Waals surface area contributed by atoms with Crippen LogP contribution in [0.5, 0.6) is 0 Å². The number of nitrogens with one attached hydrogen (secondary N) is 1. The first kappa shape index (κ1) is 13.1. The first-order valence-electron chi connectivity index (χ1n) is 6.03. The summed E-state index contributed by atoms with van der Waals surface area (Å²) in [6.07, 6.45) is 0. The van der Waals surface area contributed by atoms with E-state index in [2.05, 4.69) is 23.4 Å². The van der Waals surface area contributed by atoms with E-state index >= 15 is 0 Å². The smallest absolute Gasteiger partial charge is 0.0663 e. The predicted octanol–water partition coefficient (Wildman–Crippen LogP) is 2.92. The highest BCUT2D eigenvalue weighted by Crippen LogP contribution is 2.16. The molecular formula is C14H18ClN3. The Morgan fingerprint density at radius 3 is 2.78 bits per heavy atom. The van der Waals surface area contributed by atoms with E-state index in [1.165, 1.54) is 16.8 Å². The summed E-state index contributed by atoms with van der Waals surface area (Å²) >= 11 is 6.00. The molecule has 0 radical (unpaired) electrons. The van der Waals surface area contributed by atoms with Crippen LogP contribution in [0.25, 0.3) is 0 Å². The second-order valence-electron chi connectivity index (χ2n) is 4.47. The molecule has 1 N–H and O–H groups in total. The van der Waals surface area contributed by atoms with Crippen LogP contribution in [0.3, 0.4) is 0 Å². The van der Waals surface area contributed by atoms with Crippen LogP contribution in [0.15, 0.2) is 24.3 Å². The molecule has 0 aliphatic carbocycles. The fraction of sp³-hybridized carbons (Fsp3) is 0.357. The van der Waals surface area contributed by atoms with Crippen LogP contribution in [-0.2, 0) is 13.1 Å². The zero-order valence-corrected chi connectivity index (χ0v) is 11.8. The Morgan fingerprint density at radius 2 is 2.11 bits per heavy atom. The van der Waals surface area contributed by atoms with Crippen molar-refractivity contribution in [2.45, 2.75) is 26.9 Å². The molecule has 0 saturated carbocycles. The minimum absolute atomic E-state index is 0.761. The van der Waals surface area contributed by atoms with Crippen LogP contribution in [-0.4, -0.2) is 16.8 Å². The quantitative estimate of drug-likeness (QED) is 0.919. The van der Waals surface area contributed by atoms with E-state index < -0.39 is 0 Å². The van der Waals surface area contributed by atoms with E-state index in [0.29, 0.717) is 0 Å². The molecule has 3 nitrogen and oxygen atoms in total. The van der Waals surface area contributed by atoms with Crippen molar-refractivity contribution in [2.24, 2.45) is 0 Å². The Morgan fingerprint density at radius 1 is 1.33 bits per heavy atom. The molecule has 1 heterocycles. The average molecular weight is 264 g/mol. The molecular weight excluding hydrogens is 246 g/mol. The summed E-state index contributed by atoms with van der Waals surface area (Å²) in [5.74, 6) is 0. The summed E-state index contributed by atoms with van der Waals surface area (Å²) in [5.41, 5.74) is 4.74. The molecule has 1 aromatic carbocycles. The van der Waals surface area contributed by atoms with Crippen molar-refractivity contribution in [3.05, 3.63) is 51.8 Å². The lowest BCUT2D eigenvalue weighted by atomic mass is 10.2. The fourth-order valence-electron chi connectivity index (χ4n) is 2.13. The first-order chi connectivity index (χ1) is 8.61. The van der Waals surface area contributed by atoms with E-state index in [9.17, 15) is 0 Å². The van der Waals surface area contributed by atoms with Crippen LogP contribution >= 0.6 is 11.6 Å². The van der Waals surface area contributed by atoms with Crippen LogP contribution in [0, 0.1) is 13.8 Å². The molecule has 2 rings (SSSR count). The molecule has 0 amide bonds. The Bertz CT molecular complexity index is 546. The third-order valence-electron chi connectivity index (χ3n) is 3.11. The third kappa shape index (κ3) is 2.74. The van der Waals surface area contributed by atoms with Crippen LogP contribution in [0.1, 0.15) is 22.5 Å². The van der Waals surface area contributed by atoms with Gasteiger partial charge >= 0.3 is 0 Å². The van der Waals surface area contributed by atoms with Crippen molar-refractivity contribution in [1.82, 2.24) is 15.1 Å². The predicted molar refractivity (Wildman–Crippen MR) is 75.0 cm³/mol. The van der Waals surface area contributed by atoms with Gasteiger partial charge in [-0.3, -0.25) is 4.68 Å². The molecule has 4 heteroatoms. The maximum atomic E-state index is 6.00.